The maximum absolute atomic E-state index is 13.5. The van der Waals surface area contributed by atoms with Crippen LogP contribution in [0, 0.1) is 11.6 Å². The molecule has 0 fully saturated rings. The summed E-state index contributed by atoms with van der Waals surface area (Å²) in [6.07, 6.45) is 0. The molecule has 1 heterocycles. The maximum atomic E-state index is 13.5. The normalized spacial score (nSPS) is 10.5. The molecule has 0 bridgehead atoms. The topological polar surface area (TPSA) is 12.9 Å². The van der Waals surface area contributed by atoms with Crippen molar-refractivity contribution in [2.24, 2.45) is 0 Å². The number of hydrogen-bond acceptors (Lipinski definition) is 1. The Morgan fingerprint density at radius 2 is 1.69 bits per heavy atom. The average Bonchev–Trinajstić information content (AvgIpc) is 2.23. The molecule has 2 aromatic rings. The molecule has 82 valence electrons. The first-order valence-electron chi connectivity index (χ1n) is 4.36. The van der Waals surface area contributed by atoms with Gasteiger partial charge in [0.1, 0.15) is 10.3 Å². The van der Waals surface area contributed by atoms with Gasteiger partial charge in [0.25, 0.3) is 0 Å². The molecule has 0 atom stereocenters. The number of rotatable bonds is 1. The lowest BCUT2D eigenvalue weighted by Crippen LogP contribution is -1.91. The minimum Gasteiger partial charge on any atom is -0.224 e. The second-order valence-corrected chi connectivity index (χ2v) is 3.82. The summed E-state index contributed by atoms with van der Waals surface area (Å²) in [6.45, 7) is 0. The Morgan fingerprint density at radius 1 is 0.938 bits per heavy atom. The summed E-state index contributed by atoms with van der Waals surface area (Å²) < 4.78 is 26.5. The Kier molecular flexibility index (Phi) is 3.08. The van der Waals surface area contributed by atoms with Gasteiger partial charge in [0, 0.05) is 11.1 Å². The number of hydrogen-bond donors (Lipinski definition) is 0. The van der Waals surface area contributed by atoms with Crippen LogP contribution in [-0.2, 0) is 0 Å². The van der Waals surface area contributed by atoms with Gasteiger partial charge < -0.3 is 0 Å². The molecule has 5 heteroatoms. The zero-order valence-electron chi connectivity index (χ0n) is 7.85. The fourth-order valence-corrected chi connectivity index (χ4v) is 1.77. The number of benzene rings is 1. The van der Waals surface area contributed by atoms with Crippen molar-refractivity contribution in [1.82, 2.24) is 4.98 Å². The lowest BCUT2D eigenvalue weighted by molar-refractivity contribution is 0.511. The first-order chi connectivity index (χ1) is 7.59. The molecule has 0 aliphatic rings. The molecular formula is C11H5Cl2F2N. The number of halogens is 4. The summed E-state index contributed by atoms with van der Waals surface area (Å²) in [7, 11) is 0. The molecule has 0 amide bonds. The molecule has 0 aliphatic heterocycles. The third-order valence-corrected chi connectivity index (χ3v) is 2.56. The van der Waals surface area contributed by atoms with Crippen LogP contribution in [-0.4, -0.2) is 4.98 Å². The zero-order chi connectivity index (χ0) is 11.7. The van der Waals surface area contributed by atoms with Gasteiger partial charge in [-0.1, -0.05) is 35.3 Å². The molecular weight excluding hydrogens is 255 g/mol. The Labute approximate surface area is 101 Å². The van der Waals surface area contributed by atoms with Crippen LogP contribution in [0.4, 0.5) is 8.78 Å². The van der Waals surface area contributed by atoms with Gasteiger partial charge in [0.2, 0.25) is 0 Å². The molecule has 2 rings (SSSR count). The molecule has 0 aliphatic carbocycles. The summed E-state index contributed by atoms with van der Waals surface area (Å²) in [5, 5.41) is 0.238. The van der Waals surface area contributed by atoms with E-state index in [0.29, 0.717) is 5.56 Å². The van der Waals surface area contributed by atoms with Gasteiger partial charge in [-0.3, -0.25) is 0 Å². The van der Waals surface area contributed by atoms with Crippen LogP contribution in [0.15, 0.2) is 30.3 Å². The first kappa shape index (κ1) is 11.3. The summed E-state index contributed by atoms with van der Waals surface area (Å²) >= 11 is 11.4. The van der Waals surface area contributed by atoms with Crippen molar-refractivity contribution in [2.75, 3.05) is 0 Å². The van der Waals surface area contributed by atoms with Gasteiger partial charge in [-0.2, -0.15) is 0 Å². The van der Waals surface area contributed by atoms with E-state index in [2.05, 4.69) is 4.98 Å². The molecule has 0 saturated heterocycles. The summed E-state index contributed by atoms with van der Waals surface area (Å²) in [5.74, 6) is -1.88. The smallest absolute Gasteiger partial charge is 0.166 e. The van der Waals surface area contributed by atoms with E-state index in [0.717, 1.165) is 6.07 Å². The van der Waals surface area contributed by atoms with Crippen molar-refractivity contribution in [3.63, 3.8) is 0 Å². The number of aromatic nitrogens is 1. The highest BCUT2D eigenvalue weighted by atomic mass is 35.5. The van der Waals surface area contributed by atoms with Gasteiger partial charge in [-0.15, -0.1) is 0 Å². The molecule has 0 unspecified atom stereocenters. The van der Waals surface area contributed by atoms with Gasteiger partial charge in [-0.25, -0.2) is 13.8 Å². The Bertz CT molecular complexity index is 544. The molecule has 1 aromatic heterocycles. The predicted molar refractivity (Wildman–Crippen MR) is 59.6 cm³/mol. The van der Waals surface area contributed by atoms with E-state index in [1.807, 2.05) is 0 Å². The SMILES string of the molecule is Fc1cccc(-c2ccc(Cl)nc2Cl)c1F. The Morgan fingerprint density at radius 3 is 2.38 bits per heavy atom. The van der Waals surface area contributed by atoms with Crippen molar-refractivity contribution in [1.29, 1.82) is 0 Å². The first-order valence-corrected chi connectivity index (χ1v) is 5.11. The third kappa shape index (κ3) is 2.01. The molecule has 16 heavy (non-hydrogen) atoms. The highest BCUT2D eigenvalue weighted by Gasteiger charge is 2.13. The Hall–Kier alpha value is -1.19. The minimum absolute atomic E-state index is 0.0389. The minimum atomic E-state index is -0.950. The third-order valence-electron chi connectivity index (χ3n) is 2.06. The van der Waals surface area contributed by atoms with Gasteiger partial charge in [-0.05, 0) is 18.2 Å². The van der Waals surface area contributed by atoms with Crippen molar-refractivity contribution < 1.29 is 8.78 Å². The van der Waals surface area contributed by atoms with E-state index in [4.69, 9.17) is 23.2 Å². The van der Waals surface area contributed by atoms with Crippen LogP contribution in [0.5, 0.6) is 0 Å². The standard InChI is InChI=1S/C11H5Cl2F2N/c12-9-5-4-7(11(13)16-9)6-2-1-3-8(14)10(6)15/h1-5H. The lowest BCUT2D eigenvalue weighted by Gasteiger charge is -2.05. The number of nitrogens with zero attached hydrogens (tertiary/aromatic N) is 1. The molecule has 1 aromatic carbocycles. The second-order valence-electron chi connectivity index (χ2n) is 3.07. The molecule has 1 nitrogen and oxygen atoms in total. The van der Waals surface area contributed by atoms with Crippen molar-refractivity contribution in [3.8, 4) is 11.1 Å². The van der Waals surface area contributed by atoms with Crippen LogP contribution < -0.4 is 0 Å². The monoisotopic (exact) mass is 259 g/mol. The highest BCUT2D eigenvalue weighted by Crippen LogP contribution is 2.30. The summed E-state index contributed by atoms with van der Waals surface area (Å²) in [4.78, 5) is 3.76. The average molecular weight is 260 g/mol. The quantitative estimate of drug-likeness (QED) is 0.695. The van der Waals surface area contributed by atoms with Crippen LogP contribution in [0.1, 0.15) is 0 Å². The van der Waals surface area contributed by atoms with Gasteiger partial charge >= 0.3 is 0 Å². The molecule has 0 spiro atoms. The van der Waals surface area contributed by atoms with Crippen molar-refractivity contribution in [2.45, 2.75) is 0 Å². The largest absolute Gasteiger partial charge is 0.224 e. The van der Waals surface area contributed by atoms with E-state index in [1.54, 1.807) is 0 Å². The number of pyridine rings is 1. The molecule has 0 N–H and O–H groups in total. The second kappa shape index (κ2) is 4.36. The van der Waals surface area contributed by atoms with Gasteiger partial charge in [0.05, 0.1) is 0 Å². The van der Waals surface area contributed by atoms with Crippen molar-refractivity contribution >= 4 is 23.2 Å². The predicted octanol–water partition coefficient (Wildman–Crippen LogP) is 4.33. The fourth-order valence-electron chi connectivity index (χ4n) is 1.32. The van der Waals surface area contributed by atoms with Crippen LogP contribution in [0.3, 0.4) is 0 Å². The van der Waals surface area contributed by atoms with Crippen LogP contribution in [0.2, 0.25) is 10.3 Å². The fraction of sp³-hybridized carbons (Fsp3) is 0. The summed E-state index contributed by atoms with van der Waals surface area (Å²) in [6, 6.07) is 6.83. The molecule has 0 radical (unpaired) electrons. The van der Waals surface area contributed by atoms with Crippen molar-refractivity contribution in [3.05, 3.63) is 52.3 Å². The van der Waals surface area contributed by atoms with E-state index in [-0.39, 0.29) is 15.9 Å². The zero-order valence-corrected chi connectivity index (χ0v) is 9.36. The van der Waals surface area contributed by atoms with Crippen LogP contribution >= 0.6 is 23.2 Å². The lowest BCUT2D eigenvalue weighted by atomic mass is 10.1. The highest BCUT2D eigenvalue weighted by molar-refractivity contribution is 6.34. The van der Waals surface area contributed by atoms with E-state index in [1.165, 1.54) is 24.3 Å². The van der Waals surface area contributed by atoms with E-state index >= 15 is 0 Å². The van der Waals surface area contributed by atoms with E-state index < -0.39 is 11.6 Å². The Balaban J connectivity index is 2.63. The maximum Gasteiger partial charge on any atom is 0.166 e. The molecule has 0 saturated carbocycles. The van der Waals surface area contributed by atoms with E-state index in [9.17, 15) is 8.78 Å². The van der Waals surface area contributed by atoms with Gasteiger partial charge in [0.15, 0.2) is 11.6 Å². The summed E-state index contributed by atoms with van der Waals surface area (Å²) in [5.41, 5.74) is 0.372. The van der Waals surface area contributed by atoms with Crippen LogP contribution in [0.25, 0.3) is 11.1 Å².